The third-order valence-electron chi connectivity index (χ3n) is 5.70. The average molecular weight is 490 g/mol. The lowest BCUT2D eigenvalue weighted by Crippen LogP contribution is -2.37. The van der Waals surface area contributed by atoms with Crippen LogP contribution in [0.1, 0.15) is 19.4 Å². The number of aliphatic carboxylic acids is 1. The molecular weight excluding hydrogens is 458 g/mol. The lowest BCUT2D eigenvalue weighted by Gasteiger charge is -2.23. The summed E-state index contributed by atoms with van der Waals surface area (Å²) in [6.07, 6.45) is 0. The van der Waals surface area contributed by atoms with Gasteiger partial charge in [-0.25, -0.2) is 4.79 Å². The zero-order valence-electron chi connectivity index (χ0n) is 21.0. The van der Waals surface area contributed by atoms with Crippen molar-refractivity contribution in [3.8, 4) is 11.5 Å². The van der Waals surface area contributed by atoms with Gasteiger partial charge in [-0.05, 0) is 55.8 Å². The molecule has 3 aromatic carbocycles. The monoisotopic (exact) mass is 489 g/mol. The third kappa shape index (κ3) is 6.07. The highest BCUT2D eigenvalue weighted by atomic mass is 16.5. The smallest absolute Gasteiger partial charge is 0.347 e. The predicted octanol–water partition coefficient (Wildman–Crippen LogP) is 5.22. The summed E-state index contributed by atoms with van der Waals surface area (Å²) in [4.78, 5) is 20.1. The van der Waals surface area contributed by atoms with E-state index in [4.69, 9.17) is 13.9 Å². The quantitative estimate of drug-likeness (QED) is 0.307. The lowest BCUT2D eigenvalue weighted by molar-refractivity contribution is -0.152. The molecule has 1 aromatic heterocycles. The van der Waals surface area contributed by atoms with Crippen LogP contribution in [0.25, 0.3) is 11.1 Å². The molecule has 0 saturated carbocycles. The number of oxazole rings is 1. The van der Waals surface area contributed by atoms with E-state index in [1.807, 2.05) is 84.6 Å². The SMILES string of the molecule is CN(C)c1cccc(OCCN(Cc2ccc(OC(C)(C)C(=O)O)cc2)c2nc3ccccc3o2)c1. The highest BCUT2D eigenvalue weighted by molar-refractivity contribution is 5.76. The molecule has 4 rings (SSSR count). The summed E-state index contributed by atoms with van der Waals surface area (Å²) in [6.45, 7) is 4.54. The fraction of sp³-hybridized carbons (Fsp3) is 0.286. The summed E-state index contributed by atoms with van der Waals surface area (Å²) in [7, 11) is 3.99. The van der Waals surface area contributed by atoms with Gasteiger partial charge in [0.15, 0.2) is 11.2 Å². The molecule has 0 unspecified atom stereocenters. The minimum Gasteiger partial charge on any atom is -0.492 e. The van der Waals surface area contributed by atoms with Crippen molar-refractivity contribution in [1.82, 2.24) is 4.98 Å². The summed E-state index contributed by atoms with van der Waals surface area (Å²) in [5, 5.41) is 9.31. The van der Waals surface area contributed by atoms with Crippen molar-refractivity contribution in [1.29, 1.82) is 0 Å². The Morgan fingerprint density at radius 1 is 1.00 bits per heavy atom. The first-order valence-electron chi connectivity index (χ1n) is 11.7. The molecule has 4 aromatic rings. The molecule has 0 amide bonds. The van der Waals surface area contributed by atoms with Gasteiger partial charge in [-0.3, -0.25) is 0 Å². The fourth-order valence-corrected chi connectivity index (χ4v) is 3.58. The zero-order valence-corrected chi connectivity index (χ0v) is 21.0. The topological polar surface area (TPSA) is 88.3 Å². The number of aromatic nitrogens is 1. The van der Waals surface area contributed by atoms with Gasteiger partial charge in [0.1, 0.15) is 23.6 Å². The molecule has 0 radical (unpaired) electrons. The van der Waals surface area contributed by atoms with Crippen LogP contribution in [0.2, 0.25) is 0 Å². The van der Waals surface area contributed by atoms with Crippen LogP contribution in [0.3, 0.4) is 0 Å². The minimum absolute atomic E-state index is 0.434. The Kier molecular flexibility index (Phi) is 7.33. The van der Waals surface area contributed by atoms with E-state index in [1.165, 1.54) is 13.8 Å². The molecule has 0 fully saturated rings. The van der Waals surface area contributed by atoms with Crippen LogP contribution in [0, 0.1) is 0 Å². The molecule has 8 nitrogen and oxygen atoms in total. The molecule has 0 aliphatic rings. The van der Waals surface area contributed by atoms with E-state index in [0.29, 0.717) is 31.5 Å². The van der Waals surface area contributed by atoms with E-state index >= 15 is 0 Å². The van der Waals surface area contributed by atoms with E-state index in [0.717, 1.165) is 28.1 Å². The highest BCUT2D eigenvalue weighted by Gasteiger charge is 2.29. The van der Waals surface area contributed by atoms with Crippen molar-refractivity contribution in [3.05, 3.63) is 78.4 Å². The van der Waals surface area contributed by atoms with Gasteiger partial charge in [0.05, 0.1) is 6.54 Å². The molecule has 8 heteroatoms. The van der Waals surface area contributed by atoms with Crippen molar-refractivity contribution < 1.29 is 23.8 Å². The maximum absolute atomic E-state index is 11.4. The number of hydrogen-bond acceptors (Lipinski definition) is 7. The molecule has 36 heavy (non-hydrogen) atoms. The van der Waals surface area contributed by atoms with Crippen LogP contribution in [0.15, 0.2) is 77.2 Å². The van der Waals surface area contributed by atoms with Crippen LogP contribution >= 0.6 is 0 Å². The number of anilines is 2. The van der Waals surface area contributed by atoms with E-state index in [1.54, 1.807) is 12.1 Å². The van der Waals surface area contributed by atoms with Crippen molar-refractivity contribution >= 4 is 28.8 Å². The Hall–Kier alpha value is -4.20. The van der Waals surface area contributed by atoms with Crippen LogP contribution in [0.5, 0.6) is 11.5 Å². The fourth-order valence-electron chi connectivity index (χ4n) is 3.58. The molecular formula is C28H31N3O5. The minimum atomic E-state index is -1.31. The molecule has 1 heterocycles. The first-order chi connectivity index (χ1) is 17.2. The second-order valence-electron chi connectivity index (χ2n) is 9.19. The van der Waals surface area contributed by atoms with E-state index in [2.05, 4.69) is 4.98 Å². The Labute approximate surface area is 210 Å². The summed E-state index contributed by atoms with van der Waals surface area (Å²) in [6, 6.07) is 23.5. The first kappa shape index (κ1) is 24.9. The van der Waals surface area contributed by atoms with Crippen molar-refractivity contribution in [3.63, 3.8) is 0 Å². The molecule has 0 bridgehead atoms. The number of rotatable bonds is 11. The standard InChI is InChI=1S/C28H31N3O5/c1-28(2,26(32)33)36-22-14-12-20(13-15-22)19-31(27-29-24-10-5-6-11-25(24)35-27)16-17-34-23-9-7-8-21(18-23)30(3)4/h5-15,18H,16-17,19H2,1-4H3,(H,32,33). The first-order valence-corrected chi connectivity index (χ1v) is 11.7. The molecule has 0 atom stereocenters. The van der Waals surface area contributed by atoms with E-state index in [-0.39, 0.29) is 0 Å². The van der Waals surface area contributed by atoms with Gasteiger partial charge in [0, 0.05) is 32.4 Å². The maximum atomic E-state index is 11.4. The summed E-state index contributed by atoms with van der Waals surface area (Å²) in [5.41, 5.74) is 2.25. The van der Waals surface area contributed by atoms with Crippen molar-refractivity contribution in [2.45, 2.75) is 26.0 Å². The molecule has 0 saturated heterocycles. The van der Waals surface area contributed by atoms with Crippen LogP contribution in [-0.4, -0.2) is 48.9 Å². The zero-order chi connectivity index (χ0) is 25.7. The van der Waals surface area contributed by atoms with E-state index in [9.17, 15) is 9.90 Å². The van der Waals surface area contributed by atoms with Gasteiger partial charge in [-0.2, -0.15) is 4.98 Å². The highest BCUT2D eigenvalue weighted by Crippen LogP contribution is 2.25. The number of para-hydroxylation sites is 2. The lowest BCUT2D eigenvalue weighted by atomic mass is 10.1. The number of hydrogen-bond donors (Lipinski definition) is 1. The summed E-state index contributed by atoms with van der Waals surface area (Å²) in [5.74, 6) is 0.259. The number of ether oxygens (including phenoxy) is 2. The number of fused-ring (bicyclic) bond motifs is 1. The van der Waals surface area contributed by atoms with Crippen molar-refractivity contribution in [2.75, 3.05) is 37.0 Å². The predicted molar refractivity (Wildman–Crippen MR) is 140 cm³/mol. The number of carbonyl (C=O) groups is 1. The van der Waals surface area contributed by atoms with Crippen LogP contribution in [0.4, 0.5) is 11.7 Å². The van der Waals surface area contributed by atoms with Gasteiger partial charge in [0.2, 0.25) is 0 Å². The number of carboxylic acid groups (broad SMARTS) is 1. The van der Waals surface area contributed by atoms with Gasteiger partial charge in [0.25, 0.3) is 6.01 Å². The van der Waals surface area contributed by atoms with Crippen LogP contribution < -0.4 is 19.3 Å². The molecule has 0 aliphatic carbocycles. The second-order valence-corrected chi connectivity index (χ2v) is 9.19. The summed E-state index contributed by atoms with van der Waals surface area (Å²) < 4.78 is 17.7. The number of carboxylic acids is 1. The Balaban J connectivity index is 1.49. The Morgan fingerprint density at radius 3 is 2.44 bits per heavy atom. The third-order valence-corrected chi connectivity index (χ3v) is 5.70. The molecule has 188 valence electrons. The Morgan fingerprint density at radius 2 is 1.75 bits per heavy atom. The number of benzene rings is 3. The van der Waals surface area contributed by atoms with E-state index < -0.39 is 11.6 Å². The van der Waals surface area contributed by atoms with Gasteiger partial charge in [-0.1, -0.05) is 30.3 Å². The number of nitrogens with zero attached hydrogens (tertiary/aromatic N) is 3. The van der Waals surface area contributed by atoms with Gasteiger partial charge < -0.3 is 28.8 Å². The molecule has 0 aliphatic heterocycles. The Bertz CT molecular complexity index is 1280. The van der Waals surface area contributed by atoms with Crippen LogP contribution in [-0.2, 0) is 11.3 Å². The van der Waals surface area contributed by atoms with Gasteiger partial charge >= 0.3 is 5.97 Å². The normalized spacial score (nSPS) is 11.3. The average Bonchev–Trinajstić information content (AvgIpc) is 3.29. The second kappa shape index (κ2) is 10.6. The largest absolute Gasteiger partial charge is 0.492 e. The summed E-state index contributed by atoms with van der Waals surface area (Å²) >= 11 is 0. The molecule has 1 N–H and O–H groups in total. The molecule has 0 spiro atoms. The van der Waals surface area contributed by atoms with Crippen molar-refractivity contribution in [2.24, 2.45) is 0 Å². The van der Waals surface area contributed by atoms with Gasteiger partial charge in [-0.15, -0.1) is 0 Å². The maximum Gasteiger partial charge on any atom is 0.347 e.